The maximum atomic E-state index is 15.8. The van der Waals surface area contributed by atoms with E-state index >= 15 is 4.39 Å². The Bertz CT molecular complexity index is 1850. The van der Waals surface area contributed by atoms with Crippen molar-refractivity contribution in [2.45, 2.75) is 49.8 Å². The molecule has 6 heterocycles. The van der Waals surface area contributed by atoms with Crippen LogP contribution in [0.3, 0.4) is 0 Å². The van der Waals surface area contributed by atoms with Gasteiger partial charge in [-0.1, -0.05) is 0 Å². The topological polar surface area (TPSA) is 283 Å². The van der Waals surface area contributed by atoms with Gasteiger partial charge in [0.25, 0.3) is 5.56 Å². The Labute approximate surface area is 250 Å². The Morgan fingerprint density at radius 3 is 2.57 bits per heavy atom. The third-order valence-corrected chi connectivity index (χ3v) is 8.65. The molecule has 0 amide bonds. The molecule has 2 aliphatic rings. The summed E-state index contributed by atoms with van der Waals surface area (Å²) >= 11 is 4.45. The standard InChI is InChI=1S/C20H25FN10O10P2S/c21-11-14(9(4-38-43(35,36)44)40-19(11)31-7-26-12-15(22)24-5-25-16(12)31)41-42(33,34)37-3-8-1-2-10(39-8)30-6-27-13-17(30)28-20(23)29-18(13)32/h5-11,14,19H,1-4H2,(H,33,34)(H2,22,24,25)(H2,35,36,44)(H3,23,28,29,32)/t8-,9+,10+,11-,14+,19+/m0/s1. The first-order valence-corrected chi connectivity index (χ1v) is 16.9. The predicted molar refractivity (Wildman–Crippen MR) is 150 cm³/mol. The molecule has 1 unspecified atom stereocenters. The number of halogens is 1. The average Bonchev–Trinajstić information content (AvgIpc) is 3.73. The molecular weight excluding hydrogens is 653 g/mol. The normalized spacial score (nSPS) is 27.4. The number of imidazole rings is 2. The molecule has 8 N–H and O–H groups in total. The lowest BCUT2D eigenvalue weighted by molar-refractivity contribution is -0.0467. The number of alkyl halides is 1. The van der Waals surface area contributed by atoms with Gasteiger partial charge in [0.05, 0.1) is 32.0 Å². The monoisotopic (exact) mass is 678 g/mol. The van der Waals surface area contributed by atoms with Gasteiger partial charge in [0.15, 0.2) is 35.0 Å². The van der Waals surface area contributed by atoms with E-state index in [4.69, 9.17) is 34.5 Å². The van der Waals surface area contributed by atoms with Crippen molar-refractivity contribution in [3.05, 3.63) is 29.3 Å². The molecule has 7 atom stereocenters. The smallest absolute Gasteiger partial charge is 0.382 e. The minimum Gasteiger partial charge on any atom is -0.382 e. The minimum atomic E-state index is -4.99. The van der Waals surface area contributed by atoms with Crippen LogP contribution < -0.4 is 17.0 Å². The largest absolute Gasteiger partial charge is 0.472 e. The molecule has 20 nitrogen and oxygen atoms in total. The third-order valence-electron chi connectivity index (χ3n) is 6.86. The van der Waals surface area contributed by atoms with E-state index in [1.54, 1.807) is 0 Å². The lowest BCUT2D eigenvalue weighted by atomic mass is 10.1. The first-order chi connectivity index (χ1) is 20.8. The van der Waals surface area contributed by atoms with Crippen molar-refractivity contribution in [1.82, 2.24) is 39.0 Å². The molecule has 0 aliphatic carbocycles. The number of rotatable bonds is 10. The quantitative estimate of drug-likeness (QED) is 0.118. The Hall–Kier alpha value is -3.01. The highest BCUT2D eigenvalue weighted by molar-refractivity contribution is 8.06. The molecule has 0 spiro atoms. The molecule has 4 aromatic heterocycles. The highest BCUT2D eigenvalue weighted by Crippen LogP contribution is 2.50. The maximum Gasteiger partial charge on any atom is 0.472 e. The summed E-state index contributed by atoms with van der Waals surface area (Å²) in [5.74, 6) is -0.0821. The van der Waals surface area contributed by atoms with Gasteiger partial charge in [0.1, 0.15) is 30.3 Å². The number of fused-ring (bicyclic) bond motifs is 2. The summed E-state index contributed by atoms with van der Waals surface area (Å²) in [6.45, 7) is -5.35. The number of hydrogen-bond donors (Lipinski definition) is 6. The fraction of sp³-hybridized carbons (Fsp3) is 0.500. The van der Waals surface area contributed by atoms with Crippen LogP contribution in [-0.2, 0) is 39.4 Å². The minimum absolute atomic E-state index is 0.0241. The van der Waals surface area contributed by atoms with Gasteiger partial charge in [-0.3, -0.25) is 28.0 Å². The molecule has 0 bridgehead atoms. The second kappa shape index (κ2) is 11.7. The fourth-order valence-corrected chi connectivity index (χ4v) is 6.43. The number of phosphoric ester groups is 1. The zero-order valence-electron chi connectivity index (χ0n) is 22.2. The average molecular weight is 678 g/mol. The van der Waals surface area contributed by atoms with E-state index in [1.807, 2.05) is 0 Å². The van der Waals surface area contributed by atoms with Crippen LogP contribution in [0, 0.1) is 0 Å². The molecule has 6 rings (SSSR count). The summed E-state index contributed by atoms with van der Waals surface area (Å²) in [5.41, 5.74) is 11.4. The number of aromatic nitrogens is 8. The molecule has 0 radical (unpaired) electrons. The summed E-state index contributed by atoms with van der Waals surface area (Å²) in [6.07, 6.45) is -3.79. The molecule has 0 aromatic carbocycles. The van der Waals surface area contributed by atoms with Crippen LogP contribution in [0.2, 0.25) is 0 Å². The van der Waals surface area contributed by atoms with Crippen LogP contribution >= 0.6 is 14.5 Å². The fourth-order valence-electron chi connectivity index (χ4n) is 4.93. The van der Waals surface area contributed by atoms with E-state index in [0.29, 0.717) is 12.8 Å². The van der Waals surface area contributed by atoms with Gasteiger partial charge in [0.2, 0.25) is 5.95 Å². The molecule has 2 saturated heterocycles. The van der Waals surface area contributed by atoms with Crippen molar-refractivity contribution in [3.8, 4) is 0 Å². The highest BCUT2D eigenvalue weighted by atomic mass is 32.5. The van der Waals surface area contributed by atoms with Crippen molar-refractivity contribution in [2.24, 2.45) is 0 Å². The van der Waals surface area contributed by atoms with Crippen LogP contribution in [0.1, 0.15) is 25.3 Å². The van der Waals surface area contributed by atoms with Crippen LogP contribution in [0.15, 0.2) is 23.8 Å². The number of nitrogen functional groups attached to an aromatic ring is 2. The Kier molecular flexibility index (Phi) is 8.26. The van der Waals surface area contributed by atoms with Gasteiger partial charge >= 0.3 is 14.5 Å². The zero-order valence-corrected chi connectivity index (χ0v) is 24.8. The number of aromatic amines is 1. The van der Waals surface area contributed by atoms with Crippen molar-refractivity contribution in [2.75, 3.05) is 24.7 Å². The molecule has 44 heavy (non-hydrogen) atoms. The molecule has 238 valence electrons. The molecule has 0 saturated carbocycles. The van der Waals surface area contributed by atoms with Crippen molar-refractivity contribution in [1.29, 1.82) is 0 Å². The SMILES string of the molecule is Nc1nc2c(ncn2[C@H]2CC[C@@H](COP(=O)(O)O[C@H]3[C@H](F)[C@H](n4cnc5c(N)ncnc54)O[C@@H]3COP(O)(O)=S)O2)c(=O)[nH]1. The molecule has 24 heteroatoms. The number of nitrogens with zero attached hydrogens (tertiary/aromatic N) is 7. The summed E-state index contributed by atoms with van der Waals surface area (Å²) in [7, 11) is -4.99. The second-order valence-corrected chi connectivity index (χ2v) is 13.9. The molecule has 4 aromatic rings. The van der Waals surface area contributed by atoms with E-state index in [2.05, 4.69) is 41.7 Å². The van der Waals surface area contributed by atoms with E-state index in [0.717, 1.165) is 6.33 Å². The van der Waals surface area contributed by atoms with E-state index in [9.17, 15) is 24.0 Å². The summed E-state index contributed by atoms with van der Waals surface area (Å²) in [4.78, 5) is 64.0. The second-order valence-electron chi connectivity index (χ2n) is 9.78. The van der Waals surface area contributed by atoms with Crippen molar-refractivity contribution >= 4 is 60.4 Å². The van der Waals surface area contributed by atoms with E-state index in [1.165, 1.54) is 21.8 Å². The number of ether oxygens (including phenoxy) is 2. The Morgan fingerprint density at radius 2 is 1.80 bits per heavy atom. The van der Waals surface area contributed by atoms with Gasteiger partial charge in [-0.15, -0.1) is 0 Å². The number of nitrogens with one attached hydrogen (secondary N) is 1. The van der Waals surface area contributed by atoms with Gasteiger partial charge in [0, 0.05) is 0 Å². The first kappa shape index (κ1) is 31.0. The van der Waals surface area contributed by atoms with Gasteiger partial charge in [-0.25, -0.2) is 28.9 Å². The van der Waals surface area contributed by atoms with Crippen LogP contribution in [0.25, 0.3) is 22.3 Å². The summed E-state index contributed by atoms with van der Waals surface area (Å²) < 4.78 is 58.3. The molecular formula is C20H25FN10O10P2S. The number of nitrogens with two attached hydrogens (primary N) is 2. The molecule has 2 aliphatic heterocycles. The number of phosphoric acid groups is 1. The predicted octanol–water partition coefficient (Wildman–Crippen LogP) is -0.235. The lowest BCUT2D eigenvalue weighted by Crippen LogP contribution is -2.34. The zero-order chi connectivity index (χ0) is 31.4. The Balaban J connectivity index is 1.14. The number of hydrogen-bond acceptors (Lipinski definition) is 15. The highest BCUT2D eigenvalue weighted by Gasteiger charge is 2.51. The van der Waals surface area contributed by atoms with E-state index < -0.39 is 70.3 Å². The van der Waals surface area contributed by atoms with Crippen molar-refractivity contribution < 1.29 is 46.7 Å². The van der Waals surface area contributed by atoms with Gasteiger partial charge in [-0.05, 0) is 24.6 Å². The number of H-pyrrole nitrogens is 1. The first-order valence-electron chi connectivity index (χ1n) is 12.8. The van der Waals surface area contributed by atoms with Crippen LogP contribution in [0.4, 0.5) is 16.2 Å². The van der Waals surface area contributed by atoms with E-state index in [-0.39, 0.29) is 34.1 Å². The summed E-state index contributed by atoms with van der Waals surface area (Å²) in [5, 5.41) is 0. The van der Waals surface area contributed by atoms with Gasteiger partial charge < -0.3 is 40.1 Å². The number of anilines is 2. The maximum absolute atomic E-state index is 15.8. The van der Waals surface area contributed by atoms with Crippen LogP contribution in [0.5, 0.6) is 0 Å². The lowest BCUT2D eigenvalue weighted by Gasteiger charge is -2.23. The van der Waals surface area contributed by atoms with Crippen LogP contribution in [-0.4, -0.2) is 91.4 Å². The van der Waals surface area contributed by atoms with Gasteiger partial charge in [-0.2, -0.15) is 4.98 Å². The molecule has 2 fully saturated rings. The third kappa shape index (κ3) is 6.24. The van der Waals surface area contributed by atoms with Crippen molar-refractivity contribution in [3.63, 3.8) is 0 Å². The Morgan fingerprint density at radius 1 is 1.05 bits per heavy atom. The summed E-state index contributed by atoms with van der Waals surface area (Å²) in [6, 6.07) is 0.